The van der Waals surface area contributed by atoms with Crippen molar-refractivity contribution >= 4 is 43.4 Å². The summed E-state index contributed by atoms with van der Waals surface area (Å²) < 4.78 is 4.15. The fourth-order valence-corrected chi connectivity index (χ4v) is 4.19. The number of amides is 1. The van der Waals surface area contributed by atoms with E-state index in [4.69, 9.17) is 0 Å². The number of fused-ring (bicyclic) bond motifs is 1. The first-order valence-corrected chi connectivity index (χ1v) is 8.92. The predicted octanol–water partition coefficient (Wildman–Crippen LogP) is 4.89. The molecule has 0 fully saturated rings. The van der Waals surface area contributed by atoms with Crippen LogP contribution in [0.4, 0.5) is 0 Å². The van der Waals surface area contributed by atoms with Crippen molar-refractivity contribution in [3.63, 3.8) is 0 Å². The van der Waals surface area contributed by atoms with Gasteiger partial charge in [0, 0.05) is 13.1 Å². The molecule has 1 aromatic carbocycles. The first kappa shape index (κ1) is 16.0. The topological polar surface area (TPSA) is 34.0 Å². The first-order chi connectivity index (χ1) is 11.1. The molecule has 118 valence electrons. The van der Waals surface area contributed by atoms with Gasteiger partial charge in [-0.3, -0.25) is 4.79 Å². The Morgan fingerprint density at radius 3 is 2.96 bits per heavy atom. The molecule has 1 N–H and O–H groups in total. The quantitative estimate of drug-likeness (QED) is 0.620. The van der Waals surface area contributed by atoms with Crippen LogP contribution in [0.15, 0.2) is 52.8 Å². The molecule has 3 nitrogen and oxygen atoms in total. The van der Waals surface area contributed by atoms with Gasteiger partial charge in [0.15, 0.2) is 0 Å². The Balaban J connectivity index is 1.84. The number of aromatic nitrogens is 1. The predicted molar refractivity (Wildman–Crippen MR) is 100 cm³/mol. The van der Waals surface area contributed by atoms with Crippen molar-refractivity contribution in [3.05, 3.63) is 69.7 Å². The number of rotatable bonds is 5. The van der Waals surface area contributed by atoms with Gasteiger partial charge in [-0.2, -0.15) is 0 Å². The molecule has 3 rings (SSSR count). The second kappa shape index (κ2) is 6.72. The minimum atomic E-state index is -0.0621. The van der Waals surface area contributed by atoms with Gasteiger partial charge < -0.3 is 9.88 Å². The Morgan fingerprint density at radius 2 is 2.22 bits per heavy atom. The van der Waals surface area contributed by atoms with Gasteiger partial charge >= 0.3 is 0 Å². The van der Waals surface area contributed by atoms with E-state index in [1.54, 1.807) is 11.3 Å². The van der Waals surface area contributed by atoms with E-state index >= 15 is 0 Å². The van der Waals surface area contributed by atoms with Gasteiger partial charge in [-0.1, -0.05) is 35.9 Å². The number of hydrogen-bond donors (Lipinski definition) is 1. The average molecular weight is 389 g/mol. The van der Waals surface area contributed by atoms with Crippen molar-refractivity contribution in [2.75, 3.05) is 0 Å². The number of aryl methyl sites for hydroxylation is 1. The second-order valence-corrected chi connectivity index (χ2v) is 7.86. The van der Waals surface area contributed by atoms with Gasteiger partial charge in [0.2, 0.25) is 0 Å². The van der Waals surface area contributed by atoms with Crippen molar-refractivity contribution in [2.24, 2.45) is 0 Å². The Hall–Kier alpha value is -1.85. The molecule has 0 unspecified atom stereocenters. The molecule has 0 atom stereocenters. The van der Waals surface area contributed by atoms with Crippen LogP contribution in [0.1, 0.15) is 21.6 Å². The number of nitrogens with one attached hydrogen (secondary N) is 1. The fourth-order valence-electron chi connectivity index (χ4n) is 2.62. The maximum absolute atomic E-state index is 12.6. The molecule has 0 radical (unpaired) electrons. The molecule has 0 aliphatic carbocycles. The fraction of sp³-hybridized carbons (Fsp3) is 0.167. The van der Waals surface area contributed by atoms with Crippen LogP contribution in [-0.2, 0) is 13.1 Å². The van der Waals surface area contributed by atoms with Crippen LogP contribution < -0.4 is 5.32 Å². The summed E-state index contributed by atoms with van der Waals surface area (Å²) in [4.78, 5) is 12.6. The molecule has 1 amide bonds. The summed E-state index contributed by atoms with van der Waals surface area (Å²) in [7, 11) is 0. The standard InChI is InChI=1S/C18H17BrN2OS/c1-3-7-21-14-10-17(19)23-16(14)9-15(21)18(22)20-11-13-6-4-5-12(2)8-13/h3-6,8-10H,1,7,11H2,2H3,(H,20,22). The summed E-state index contributed by atoms with van der Waals surface area (Å²) in [5, 5.41) is 3.01. The smallest absolute Gasteiger partial charge is 0.268 e. The molecule has 2 heterocycles. The Bertz CT molecular complexity index is 878. The molecule has 2 aromatic heterocycles. The van der Waals surface area contributed by atoms with E-state index < -0.39 is 0 Å². The van der Waals surface area contributed by atoms with Crippen LogP contribution in [0, 0.1) is 6.92 Å². The van der Waals surface area contributed by atoms with Gasteiger partial charge in [-0.05, 0) is 40.5 Å². The highest BCUT2D eigenvalue weighted by Crippen LogP contribution is 2.32. The zero-order valence-corrected chi connectivity index (χ0v) is 15.2. The molecular weight excluding hydrogens is 372 g/mol. The monoisotopic (exact) mass is 388 g/mol. The lowest BCUT2D eigenvalue weighted by atomic mass is 10.1. The molecule has 0 spiro atoms. The zero-order valence-electron chi connectivity index (χ0n) is 12.8. The van der Waals surface area contributed by atoms with E-state index in [9.17, 15) is 4.79 Å². The van der Waals surface area contributed by atoms with Gasteiger partial charge in [0.05, 0.1) is 14.0 Å². The Labute approximate surface area is 147 Å². The van der Waals surface area contributed by atoms with Crippen molar-refractivity contribution in [1.29, 1.82) is 0 Å². The molecule has 3 aromatic rings. The van der Waals surface area contributed by atoms with Crippen LogP contribution in [0.25, 0.3) is 10.2 Å². The zero-order chi connectivity index (χ0) is 16.4. The summed E-state index contributed by atoms with van der Waals surface area (Å²) in [5.74, 6) is -0.0621. The van der Waals surface area contributed by atoms with Gasteiger partial charge in [-0.15, -0.1) is 17.9 Å². The summed E-state index contributed by atoms with van der Waals surface area (Å²) in [6.45, 7) is 6.98. The minimum Gasteiger partial charge on any atom is -0.347 e. The summed E-state index contributed by atoms with van der Waals surface area (Å²) >= 11 is 5.13. The molecule has 0 aliphatic rings. The summed E-state index contributed by atoms with van der Waals surface area (Å²) in [6.07, 6.45) is 1.81. The minimum absolute atomic E-state index is 0.0621. The lowest BCUT2D eigenvalue weighted by Gasteiger charge is -2.09. The van der Waals surface area contributed by atoms with Crippen LogP contribution in [0.5, 0.6) is 0 Å². The third-order valence-electron chi connectivity index (χ3n) is 3.64. The van der Waals surface area contributed by atoms with Crippen molar-refractivity contribution in [3.8, 4) is 0 Å². The lowest BCUT2D eigenvalue weighted by Crippen LogP contribution is -2.25. The van der Waals surface area contributed by atoms with Gasteiger partial charge in [0.1, 0.15) is 5.69 Å². The number of thiophene rings is 1. The Kier molecular flexibility index (Phi) is 4.68. The Morgan fingerprint density at radius 1 is 1.39 bits per heavy atom. The number of nitrogens with zero attached hydrogens (tertiary/aromatic N) is 1. The molecule has 0 saturated carbocycles. The van der Waals surface area contributed by atoms with Crippen molar-refractivity contribution in [1.82, 2.24) is 9.88 Å². The summed E-state index contributed by atoms with van der Waals surface area (Å²) in [6, 6.07) is 12.1. The second-order valence-electron chi connectivity index (χ2n) is 5.40. The average Bonchev–Trinajstić information content (AvgIpc) is 3.03. The van der Waals surface area contributed by atoms with Crippen LogP contribution in [-0.4, -0.2) is 10.5 Å². The maximum Gasteiger partial charge on any atom is 0.268 e. The summed E-state index contributed by atoms with van der Waals surface area (Å²) in [5.41, 5.74) is 4.02. The molecule has 5 heteroatoms. The number of carbonyl (C=O) groups excluding carboxylic acids is 1. The maximum atomic E-state index is 12.6. The van der Waals surface area contributed by atoms with E-state index in [1.165, 1.54) is 5.56 Å². The van der Waals surface area contributed by atoms with E-state index in [0.29, 0.717) is 18.8 Å². The van der Waals surface area contributed by atoms with E-state index in [0.717, 1.165) is 19.6 Å². The van der Waals surface area contributed by atoms with E-state index in [-0.39, 0.29) is 5.91 Å². The first-order valence-electron chi connectivity index (χ1n) is 7.31. The normalized spacial score (nSPS) is 10.9. The number of hydrogen-bond acceptors (Lipinski definition) is 2. The lowest BCUT2D eigenvalue weighted by molar-refractivity contribution is 0.0942. The molecule has 23 heavy (non-hydrogen) atoms. The van der Waals surface area contributed by atoms with Crippen LogP contribution in [0.2, 0.25) is 0 Å². The number of halogens is 1. The highest BCUT2D eigenvalue weighted by molar-refractivity contribution is 9.11. The van der Waals surface area contributed by atoms with Gasteiger partial charge in [0.25, 0.3) is 5.91 Å². The van der Waals surface area contributed by atoms with E-state index in [1.807, 2.05) is 47.9 Å². The third kappa shape index (κ3) is 3.41. The largest absolute Gasteiger partial charge is 0.347 e. The highest BCUT2D eigenvalue weighted by atomic mass is 79.9. The van der Waals surface area contributed by atoms with E-state index in [2.05, 4.69) is 33.9 Å². The number of allylic oxidation sites excluding steroid dienone is 1. The van der Waals surface area contributed by atoms with Crippen molar-refractivity contribution in [2.45, 2.75) is 20.0 Å². The molecule has 0 aliphatic heterocycles. The van der Waals surface area contributed by atoms with Crippen LogP contribution >= 0.6 is 27.3 Å². The third-order valence-corrected chi connectivity index (χ3v) is 5.21. The van der Waals surface area contributed by atoms with Gasteiger partial charge in [-0.25, -0.2) is 0 Å². The number of benzene rings is 1. The SMILES string of the molecule is C=CCn1c(C(=O)NCc2cccc(C)c2)cc2sc(Br)cc21. The molecule has 0 saturated heterocycles. The van der Waals surface area contributed by atoms with Crippen LogP contribution in [0.3, 0.4) is 0 Å². The number of carbonyl (C=O) groups is 1. The van der Waals surface area contributed by atoms with Crippen molar-refractivity contribution < 1.29 is 4.79 Å². The highest BCUT2D eigenvalue weighted by Gasteiger charge is 2.16. The molecular formula is C18H17BrN2OS. The molecule has 0 bridgehead atoms.